The van der Waals surface area contributed by atoms with Crippen LogP contribution in [0.5, 0.6) is 0 Å². The molecule has 0 saturated carbocycles. The van der Waals surface area contributed by atoms with Gasteiger partial charge in [-0.05, 0) is 45.2 Å². The van der Waals surface area contributed by atoms with Gasteiger partial charge in [-0.3, -0.25) is 9.69 Å². The lowest BCUT2D eigenvalue weighted by atomic mass is 10.0. The minimum Gasteiger partial charge on any atom is -0.376 e. The highest BCUT2D eigenvalue weighted by Gasteiger charge is 2.20. The van der Waals surface area contributed by atoms with Crippen LogP contribution in [0.3, 0.4) is 0 Å². The van der Waals surface area contributed by atoms with Gasteiger partial charge in [-0.25, -0.2) is 0 Å². The maximum atomic E-state index is 12.1. The van der Waals surface area contributed by atoms with Crippen molar-refractivity contribution >= 4 is 5.91 Å². The zero-order chi connectivity index (χ0) is 14.9. The van der Waals surface area contributed by atoms with Crippen molar-refractivity contribution in [2.75, 3.05) is 39.3 Å². The first-order chi connectivity index (χ1) is 10.3. The summed E-state index contributed by atoms with van der Waals surface area (Å²) in [5, 5.41) is 6.59. The van der Waals surface area contributed by atoms with Crippen LogP contribution in [0.4, 0.5) is 0 Å². The normalized spacial score (nSPS) is 26.2. The van der Waals surface area contributed by atoms with E-state index in [0.717, 1.165) is 45.5 Å². The van der Waals surface area contributed by atoms with Crippen LogP contribution in [0, 0.1) is 0 Å². The summed E-state index contributed by atoms with van der Waals surface area (Å²) in [6.45, 7) is 7.29. The Labute approximate surface area is 128 Å². The Hall–Kier alpha value is -0.650. The number of carbonyl (C=O) groups is 1. The minimum atomic E-state index is 0.134. The highest BCUT2D eigenvalue weighted by molar-refractivity contribution is 5.78. The van der Waals surface area contributed by atoms with Crippen molar-refractivity contribution in [2.45, 2.75) is 57.6 Å². The molecule has 21 heavy (non-hydrogen) atoms. The summed E-state index contributed by atoms with van der Waals surface area (Å²) in [4.78, 5) is 14.4. The number of piperidine rings is 1. The first-order valence-corrected chi connectivity index (χ1v) is 8.62. The van der Waals surface area contributed by atoms with Gasteiger partial charge in [-0.2, -0.15) is 0 Å². The second-order valence-corrected chi connectivity index (χ2v) is 6.32. The molecule has 2 N–H and O–H groups in total. The van der Waals surface area contributed by atoms with E-state index in [0.29, 0.717) is 19.1 Å². The molecule has 0 spiro atoms. The Bertz CT molecular complexity index is 300. The quantitative estimate of drug-likeness (QED) is 0.705. The second-order valence-electron chi connectivity index (χ2n) is 6.32. The van der Waals surface area contributed by atoms with Crippen molar-refractivity contribution in [2.24, 2.45) is 0 Å². The van der Waals surface area contributed by atoms with E-state index in [1.807, 2.05) is 0 Å². The predicted octanol–water partition coefficient (Wildman–Crippen LogP) is 1.14. The summed E-state index contributed by atoms with van der Waals surface area (Å²) in [6, 6.07) is 0.552. The third-order valence-corrected chi connectivity index (χ3v) is 4.35. The summed E-state index contributed by atoms with van der Waals surface area (Å²) in [5.41, 5.74) is 0. The van der Waals surface area contributed by atoms with Gasteiger partial charge >= 0.3 is 0 Å². The molecule has 2 aliphatic heterocycles. The van der Waals surface area contributed by atoms with Gasteiger partial charge < -0.3 is 15.4 Å². The lowest BCUT2D eigenvalue weighted by Gasteiger charge is -2.30. The summed E-state index contributed by atoms with van der Waals surface area (Å²) in [6.07, 6.45) is 7.34. The highest BCUT2D eigenvalue weighted by Crippen LogP contribution is 2.11. The van der Waals surface area contributed by atoms with Gasteiger partial charge in [0.15, 0.2) is 0 Å². The van der Waals surface area contributed by atoms with Gasteiger partial charge in [0.05, 0.1) is 12.6 Å². The molecule has 0 aromatic heterocycles. The Morgan fingerprint density at radius 2 is 2.24 bits per heavy atom. The third-order valence-electron chi connectivity index (χ3n) is 4.35. The fraction of sp³-hybridized carbons (Fsp3) is 0.938. The number of ether oxygens (including phenoxy) is 1. The monoisotopic (exact) mass is 297 g/mol. The van der Waals surface area contributed by atoms with E-state index in [4.69, 9.17) is 4.74 Å². The van der Waals surface area contributed by atoms with E-state index in [2.05, 4.69) is 22.5 Å². The van der Waals surface area contributed by atoms with E-state index in [-0.39, 0.29) is 12.0 Å². The van der Waals surface area contributed by atoms with Crippen LogP contribution in [-0.4, -0.2) is 62.3 Å². The smallest absolute Gasteiger partial charge is 0.234 e. The topological polar surface area (TPSA) is 53.6 Å². The third kappa shape index (κ3) is 6.32. The summed E-state index contributed by atoms with van der Waals surface area (Å²) in [5.74, 6) is 0.134. The molecule has 0 aliphatic carbocycles. The first kappa shape index (κ1) is 16.7. The van der Waals surface area contributed by atoms with E-state index < -0.39 is 0 Å². The Balaban J connectivity index is 1.68. The Kier molecular flexibility index (Phi) is 7.47. The molecule has 2 saturated heterocycles. The zero-order valence-electron chi connectivity index (χ0n) is 13.4. The summed E-state index contributed by atoms with van der Waals surface area (Å²) < 4.78 is 5.54. The van der Waals surface area contributed by atoms with Gasteiger partial charge in [-0.15, -0.1) is 0 Å². The molecule has 5 heteroatoms. The van der Waals surface area contributed by atoms with Crippen LogP contribution in [0.15, 0.2) is 0 Å². The zero-order valence-corrected chi connectivity index (χ0v) is 13.4. The number of amides is 1. The van der Waals surface area contributed by atoms with Crippen molar-refractivity contribution < 1.29 is 9.53 Å². The first-order valence-electron chi connectivity index (χ1n) is 8.62. The molecule has 0 aromatic carbocycles. The van der Waals surface area contributed by atoms with E-state index in [1.165, 1.54) is 19.3 Å². The highest BCUT2D eigenvalue weighted by atomic mass is 16.5. The van der Waals surface area contributed by atoms with Crippen LogP contribution in [-0.2, 0) is 9.53 Å². The molecule has 0 radical (unpaired) electrons. The largest absolute Gasteiger partial charge is 0.376 e. The number of hydrogen-bond acceptors (Lipinski definition) is 4. The van der Waals surface area contributed by atoms with Crippen LogP contribution < -0.4 is 10.6 Å². The van der Waals surface area contributed by atoms with Gasteiger partial charge in [0, 0.05) is 25.7 Å². The Morgan fingerprint density at radius 1 is 1.33 bits per heavy atom. The fourth-order valence-electron chi connectivity index (χ4n) is 3.23. The van der Waals surface area contributed by atoms with Gasteiger partial charge in [0.25, 0.3) is 0 Å². The molecule has 2 unspecified atom stereocenters. The molecule has 2 rings (SSSR count). The number of carbonyl (C=O) groups excluding carboxylic acids is 1. The molecule has 122 valence electrons. The minimum absolute atomic E-state index is 0.134. The molecule has 2 heterocycles. The maximum absolute atomic E-state index is 12.1. The van der Waals surface area contributed by atoms with Crippen LogP contribution in [0.25, 0.3) is 0 Å². The molecule has 5 nitrogen and oxygen atoms in total. The average Bonchev–Trinajstić information content (AvgIpc) is 3.00. The van der Waals surface area contributed by atoms with E-state index in [1.54, 1.807) is 0 Å². The lowest BCUT2D eigenvalue weighted by molar-refractivity contribution is -0.122. The van der Waals surface area contributed by atoms with Gasteiger partial charge in [-0.1, -0.05) is 13.3 Å². The molecule has 0 aromatic rings. The number of rotatable bonds is 8. The fourth-order valence-corrected chi connectivity index (χ4v) is 3.23. The Morgan fingerprint density at radius 3 is 2.90 bits per heavy atom. The van der Waals surface area contributed by atoms with Crippen molar-refractivity contribution in [3.8, 4) is 0 Å². The van der Waals surface area contributed by atoms with Crippen molar-refractivity contribution in [3.63, 3.8) is 0 Å². The van der Waals surface area contributed by atoms with Gasteiger partial charge in [0.2, 0.25) is 5.91 Å². The second kappa shape index (κ2) is 9.38. The van der Waals surface area contributed by atoms with Crippen LogP contribution in [0.2, 0.25) is 0 Å². The molecule has 1 amide bonds. The van der Waals surface area contributed by atoms with Crippen molar-refractivity contribution in [1.29, 1.82) is 0 Å². The SMILES string of the molecule is CCCN(CC(=O)NCC1CCCO1)CC1CCCCN1. The number of nitrogens with zero attached hydrogens (tertiary/aromatic N) is 1. The van der Waals surface area contributed by atoms with Crippen molar-refractivity contribution in [1.82, 2.24) is 15.5 Å². The molecule has 2 fully saturated rings. The van der Waals surface area contributed by atoms with Crippen LogP contribution >= 0.6 is 0 Å². The lowest BCUT2D eigenvalue weighted by Crippen LogP contribution is -2.47. The molecule has 2 aliphatic rings. The van der Waals surface area contributed by atoms with E-state index >= 15 is 0 Å². The molecular weight excluding hydrogens is 266 g/mol. The summed E-state index contributed by atoms with van der Waals surface area (Å²) >= 11 is 0. The standard InChI is InChI=1S/C16H31N3O2/c1-2-9-19(12-14-6-3-4-8-17-14)13-16(20)18-11-15-7-5-10-21-15/h14-15,17H,2-13H2,1H3,(H,18,20). The number of hydrogen-bond donors (Lipinski definition) is 2. The van der Waals surface area contributed by atoms with Crippen molar-refractivity contribution in [3.05, 3.63) is 0 Å². The maximum Gasteiger partial charge on any atom is 0.234 e. The van der Waals surface area contributed by atoms with Crippen LogP contribution in [0.1, 0.15) is 45.4 Å². The van der Waals surface area contributed by atoms with Gasteiger partial charge in [0.1, 0.15) is 0 Å². The number of nitrogens with one attached hydrogen (secondary N) is 2. The molecule has 0 bridgehead atoms. The molecule has 2 atom stereocenters. The van der Waals surface area contributed by atoms with E-state index in [9.17, 15) is 4.79 Å². The molecular formula is C16H31N3O2. The average molecular weight is 297 g/mol. The summed E-state index contributed by atoms with van der Waals surface area (Å²) in [7, 11) is 0. The predicted molar refractivity (Wildman–Crippen MR) is 84.4 cm³/mol.